The molecule has 4 heterocycles. The third-order valence-electron chi connectivity index (χ3n) is 6.34. The minimum Gasteiger partial charge on any atom is -0.384 e. The van der Waals surface area contributed by atoms with Gasteiger partial charge >= 0.3 is 0 Å². The van der Waals surface area contributed by atoms with Gasteiger partial charge in [-0.1, -0.05) is 12.1 Å². The van der Waals surface area contributed by atoms with Crippen LogP contribution in [0.25, 0.3) is 0 Å². The fourth-order valence-corrected chi connectivity index (χ4v) is 4.89. The summed E-state index contributed by atoms with van der Waals surface area (Å²) in [5.41, 5.74) is 2.86. The first-order chi connectivity index (χ1) is 13.3. The van der Waals surface area contributed by atoms with Gasteiger partial charge in [0.15, 0.2) is 0 Å². The topological polar surface area (TPSA) is 41.5 Å². The van der Waals surface area contributed by atoms with E-state index in [1.165, 1.54) is 30.6 Å². The molecule has 2 saturated heterocycles. The molecule has 27 heavy (non-hydrogen) atoms. The molecule has 5 nitrogen and oxygen atoms in total. The number of ether oxygens (including phenoxy) is 1. The van der Waals surface area contributed by atoms with Gasteiger partial charge in [-0.15, -0.1) is 0 Å². The molecule has 0 radical (unpaired) electrons. The van der Waals surface area contributed by atoms with Crippen molar-refractivity contribution in [2.24, 2.45) is 11.3 Å². The summed E-state index contributed by atoms with van der Waals surface area (Å²) in [6, 6.07) is 10.4. The van der Waals surface area contributed by atoms with E-state index in [1.807, 2.05) is 37.8 Å². The molecule has 0 unspecified atom stereocenters. The first kappa shape index (κ1) is 18.5. The van der Waals surface area contributed by atoms with Crippen molar-refractivity contribution in [1.82, 2.24) is 19.8 Å². The Labute approximate surface area is 162 Å². The molecular weight excluding hydrogens is 336 g/mol. The van der Waals surface area contributed by atoms with Crippen LogP contribution in [0.2, 0.25) is 0 Å². The molecule has 144 valence electrons. The monoisotopic (exact) mass is 366 g/mol. The van der Waals surface area contributed by atoms with E-state index < -0.39 is 0 Å². The van der Waals surface area contributed by atoms with Crippen LogP contribution >= 0.6 is 0 Å². The van der Waals surface area contributed by atoms with Crippen LogP contribution in [-0.4, -0.2) is 59.7 Å². The van der Waals surface area contributed by atoms with Gasteiger partial charge in [0.2, 0.25) is 0 Å². The van der Waals surface area contributed by atoms with E-state index in [4.69, 9.17) is 4.74 Å². The lowest BCUT2D eigenvalue weighted by Crippen LogP contribution is -2.45. The molecule has 0 amide bonds. The molecule has 0 bridgehead atoms. The lowest BCUT2D eigenvalue weighted by Gasteiger charge is -2.42. The molecule has 4 rings (SSSR count). The standard InChI is InChI=1S/C22H30N4O/c1-27-17-20-15-26(14-19-5-4-9-23-13-19)18-22(20)7-11-25(12-8-22)16-21-6-2-3-10-24-21/h2-6,9-10,13,20H,7-8,11-12,14-18H2,1H3/t20-/m0/s1. The van der Waals surface area contributed by atoms with Gasteiger partial charge in [0.05, 0.1) is 12.3 Å². The van der Waals surface area contributed by atoms with Crippen LogP contribution in [0.4, 0.5) is 0 Å². The second-order valence-electron chi connectivity index (χ2n) is 8.14. The minimum absolute atomic E-state index is 0.388. The Kier molecular flexibility index (Phi) is 5.81. The second-order valence-corrected chi connectivity index (χ2v) is 8.14. The predicted molar refractivity (Wildman–Crippen MR) is 106 cm³/mol. The lowest BCUT2D eigenvalue weighted by molar-refractivity contribution is 0.0347. The number of methoxy groups -OCH3 is 1. The largest absolute Gasteiger partial charge is 0.384 e. The van der Waals surface area contributed by atoms with Gasteiger partial charge in [-0.25, -0.2) is 0 Å². The summed E-state index contributed by atoms with van der Waals surface area (Å²) in [6.07, 6.45) is 8.23. The van der Waals surface area contributed by atoms with Gasteiger partial charge in [0.1, 0.15) is 0 Å². The molecule has 0 saturated carbocycles. The number of likely N-dealkylation sites (tertiary alicyclic amines) is 2. The summed E-state index contributed by atoms with van der Waals surface area (Å²) in [5, 5.41) is 0. The summed E-state index contributed by atoms with van der Waals surface area (Å²) < 4.78 is 5.61. The second kappa shape index (κ2) is 8.46. The number of piperidine rings is 1. The van der Waals surface area contributed by atoms with E-state index in [2.05, 4.69) is 38.0 Å². The lowest BCUT2D eigenvalue weighted by atomic mass is 9.71. The van der Waals surface area contributed by atoms with E-state index in [0.29, 0.717) is 11.3 Å². The average Bonchev–Trinajstić information content (AvgIpc) is 3.02. The van der Waals surface area contributed by atoms with E-state index in [1.54, 1.807) is 0 Å². The normalized spacial score (nSPS) is 23.1. The Bertz CT molecular complexity index is 701. The Morgan fingerprint density at radius 1 is 1.07 bits per heavy atom. The summed E-state index contributed by atoms with van der Waals surface area (Å²) >= 11 is 0. The molecule has 1 spiro atoms. The van der Waals surface area contributed by atoms with Crippen LogP contribution in [0.15, 0.2) is 48.9 Å². The number of nitrogens with zero attached hydrogens (tertiary/aromatic N) is 4. The number of hydrogen-bond acceptors (Lipinski definition) is 5. The average molecular weight is 367 g/mol. The van der Waals surface area contributed by atoms with Gasteiger partial charge in [-0.05, 0) is 55.1 Å². The van der Waals surface area contributed by atoms with Crippen LogP contribution in [-0.2, 0) is 17.8 Å². The first-order valence-corrected chi connectivity index (χ1v) is 10.00. The highest BCUT2D eigenvalue weighted by molar-refractivity contribution is 5.10. The Morgan fingerprint density at radius 2 is 1.96 bits per heavy atom. The molecule has 2 fully saturated rings. The fourth-order valence-electron chi connectivity index (χ4n) is 4.89. The third-order valence-corrected chi connectivity index (χ3v) is 6.34. The van der Waals surface area contributed by atoms with Gasteiger partial charge in [-0.2, -0.15) is 0 Å². The molecule has 0 N–H and O–H groups in total. The summed E-state index contributed by atoms with van der Waals surface area (Å²) in [4.78, 5) is 13.9. The fraction of sp³-hybridized carbons (Fsp3) is 0.545. The maximum atomic E-state index is 5.61. The van der Waals surface area contributed by atoms with Crippen molar-refractivity contribution < 1.29 is 4.74 Å². The van der Waals surface area contributed by atoms with E-state index >= 15 is 0 Å². The van der Waals surface area contributed by atoms with Crippen molar-refractivity contribution in [3.63, 3.8) is 0 Å². The third kappa shape index (κ3) is 4.37. The van der Waals surface area contributed by atoms with Crippen molar-refractivity contribution >= 4 is 0 Å². The molecule has 2 aromatic heterocycles. The molecular formula is C22H30N4O. The van der Waals surface area contributed by atoms with Gasteiger partial charge < -0.3 is 4.74 Å². The molecule has 5 heteroatoms. The van der Waals surface area contributed by atoms with Crippen LogP contribution < -0.4 is 0 Å². The van der Waals surface area contributed by atoms with Gasteiger partial charge in [0, 0.05) is 57.8 Å². The molecule has 1 atom stereocenters. The van der Waals surface area contributed by atoms with Gasteiger partial charge in [0.25, 0.3) is 0 Å². The molecule has 2 aliphatic rings. The van der Waals surface area contributed by atoms with E-state index in [9.17, 15) is 0 Å². The molecule has 0 aromatic carbocycles. The van der Waals surface area contributed by atoms with Crippen LogP contribution in [0.5, 0.6) is 0 Å². The zero-order chi connectivity index (χ0) is 18.5. The summed E-state index contributed by atoms with van der Waals surface area (Å²) in [6.45, 7) is 7.42. The van der Waals surface area contributed by atoms with Crippen molar-refractivity contribution in [1.29, 1.82) is 0 Å². The SMILES string of the molecule is COC[C@@H]1CN(Cc2cccnc2)CC12CCN(Cc1ccccn1)CC2. The maximum absolute atomic E-state index is 5.61. The highest BCUT2D eigenvalue weighted by atomic mass is 16.5. The Hall–Kier alpha value is -1.82. The van der Waals surface area contributed by atoms with Crippen LogP contribution in [0, 0.1) is 11.3 Å². The van der Waals surface area contributed by atoms with E-state index in [0.717, 1.165) is 39.3 Å². The Morgan fingerprint density at radius 3 is 2.67 bits per heavy atom. The van der Waals surface area contributed by atoms with Crippen molar-refractivity contribution in [2.75, 3.05) is 39.9 Å². The summed E-state index contributed by atoms with van der Waals surface area (Å²) in [5.74, 6) is 0.621. The highest BCUT2D eigenvalue weighted by Gasteiger charge is 2.47. The minimum atomic E-state index is 0.388. The predicted octanol–water partition coefficient (Wildman–Crippen LogP) is 2.84. The number of rotatable bonds is 6. The highest BCUT2D eigenvalue weighted by Crippen LogP contribution is 2.45. The number of pyridine rings is 2. The smallest absolute Gasteiger partial charge is 0.0543 e. The van der Waals surface area contributed by atoms with E-state index in [-0.39, 0.29) is 0 Å². The number of hydrogen-bond donors (Lipinski definition) is 0. The Balaban J connectivity index is 1.38. The van der Waals surface area contributed by atoms with Crippen molar-refractivity contribution in [3.8, 4) is 0 Å². The van der Waals surface area contributed by atoms with Crippen LogP contribution in [0.3, 0.4) is 0 Å². The number of aromatic nitrogens is 2. The summed E-state index contributed by atoms with van der Waals surface area (Å²) in [7, 11) is 1.84. The quantitative estimate of drug-likeness (QED) is 0.786. The van der Waals surface area contributed by atoms with Crippen molar-refractivity contribution in [3.05, 3.63) is 60.2 Å². The molecule has 2 aliphatic heterocycles. The maximum Gasteiger partial charge on any atom is 0.0543 e. The van der Waals surface area contributed by atoms with Crippen molar-refractivity contribution in [2.45, 2.75) is 25.9 Å². The molecule has 2 aromatic rings. The first-order valence-electron chi connectivity index (χ1n) is 10.00. The zero-order valence-corrected chi connectivity index (χ0v) is 16.3. The van der Waals surface area contributed by atoms with Gasteiger partial charge in [-0.3, -0.25) is 19.8 Å². The van der Waals surface area contributed by atoms with Crippen LogP contribution in [0.1, 0.15) is 24.1 Å². The zero-order valence-electron chi connectivity index (χ0n) is 16.3. The molecule has 0 aliphatic carbocycles.